The number of thiophene rings is 1. The number of likely N-dealkylation sites (tertiary alicyclic amines) is 1. The smallest absolute Gasteiger partial charge is 0.475 e. The molecule has 0 radical (unpaired) electrons. The molecule has 0 saturated carbocycles. The van der Waals surface area contributed by atoms with Gasteiger partial charge in [0.15, 0.2) is 0 Å². The number of rotatable bonds is 5. The van der Waals surface area contributed by atoms with Gasteiger partial charge in [0.2, 0.25) is 5.91 Å². The highest BCUT2D eigenvalue weighted by atomic mass is 32.1. The molecule has 2 aliphatic heterocycles. The van der Waals surface area contributed by atoms with Crippen LogP contribution >= 0.6 is 11.3 Å². The fourth-order valence-electron chi connectivity index (χ4n) is 3.81. The summed E-state index contributed by atoms with van der Waals surface area (Å²) in [7, 11) is 1.93. The van der Waals surface area contributed by atoms with Crippen molar-refractivity contribution in [3.05, 3.63) is 40.1 Å². The Morgan fingerprint density at radius 1 is 1.38 bits per heavy atom. The number of aromatic nitrogens is 2. The van der Waals surface area contributed by atoms with Crippen molar-refractivity contribution in [3.63, 3.8) is 0 Å². The molecule has 2 N–H and O–H groups in total. The van der Waals surface area contributed by atoms with Gasteiger partial charge in [0.1, 0.15) is 11.9 Å². The maximum absolute atomic E-state index is 12.5. The van der Waals surface area contributed by atoms with E-state index in [1.165, 1.54) is 9.75 Å². The number of halogens is 3. The van der Waals surface area contributed by atoms with Gasteiger partial charge in [-0.25, -0.2) is 9.78 Å². The van der Waals surface area contributed by atoms with Crippen LogP contribution in [0, 0.1) is 6.92 Å². The molecular formula is C20H25F3N4O4S. The van der Waals surface area contributed by atoms with E-state index in [4.69, 9.17) is 14.6 Å². The fourth-order valence-corrected chi connectivity index (χ4v) is 4.73. The molecule has 3 atom stereocenters. The van der Waals surface area contributed by atoms with Crippen LogP contribution in [0.4, 0.5) is 13.2 Å². The van der Waals surface area contributed by atoms with E-state index in [1.54, 1.807) is 6.20 Å². The van der Waals surface area contributed by atoms with Crippen LogP contribution in [0.25, 0.3) is 0 Å². The van der Waals surface area contributed by atoms with Gasteiger partial charge in [-0.2, -0.15) is 13.2 Å². The zero-order chi connectivity index (χ0) is 23.5. The first-order valence-corrected chi connectivity index (χ1v) is 10.8. The summed E-state index contributed by atoms with van der Waals surface area (Å²) in [4.78, 5) is 30.8. The number of imidazole rings is 1. The summed E-state index contributed by atoms with van der Waals surface area (Å²) in [6.07, 6.45) is 0.164. The Morgan fingerprint density at radius 3 is 2.66 bits per heavy atom. The lowest BCUT2D eigenvalue weighted by molar-refractivity contribution is -0.192. The predicted octanol–water partition coefficient (Wildman–Crippen LogP) is 2.47. The SMILES string of the molecule is Cc1ccc(CN2CC[C@H]3O[C@H](C(=O)NCc4nccn4C)C[C@H]32)s1.O=C(O)C(F)(F)F. The number of hydrogen-bond donors (Lipinski definition) is 2. The van der Waals surface area contributed by atoms with Gasteiger partial charge < -0.3 is 19.7 Å². The largest absolute Gasteiger partial charge is 0.490 e. The number of carboxylic acid groups (broad SMARTS) is 1. The molecule has 1 amide bonds. The molecule has 0 aliphatic carbocycles. The molecule has 0 spiro atoms. The van der Waals surface area contributed by atoms with Crippen LogP contribution in [0.3, 0.4) is 0 Å². The third-order valence-corrected chi connectivity index (χ3v) is 6.41. The van der Waals surface area contributed by atoms with Gasteiger partial charge in [-0.05, 0) is 25.5 Å². The Balaban J connectivity index is 0.000000360. The van der Waals surface area contributed by atoms with Crippen LogP contribution in [0.5, 0.6) is 0 Å². The zero-order valence-electron chi connectivity index (χ0n) is 17.6. The number of nitrogens with zero attached hydrogens (tertiary/aromatic N) is 3. The van der Waals surface area contributed by atoms with Crippen molar-refractivity contribution in [2.45, 2.75) is 57.3 Å². The Bertz CT molecular complexity index is 945. The molecule has 2 saturated heterocycles. The molecule has 0 unspecified atom stereocenters. The molecule has 2 aliphatic rings. The lowest BCUT2D eigenvalue weighted by Gasteiger charge is -2.21. The number of amides is 1. The quantitative estimate of drug-likeness (QED) is 0.691. The van der Waals surface area contributed by atoms with E-state index in [9.17, 15) is 18.0 Å². The maximum atomic E-state index is 12.5. The Labute approximate surface area is 187 Å². The van der Waals surface area contributed by atoms with E-state index < -0.39 is 12.1 Å². The lowest BCUT2D eigenvalue weighted by atomic mass is 10.1. The second-order valence-electron chi connectivity index (χ2n) is 7.71. The number of aryl methyl sites for hydroxylation is 2. The predicted molar refractivity (Wildman–Crippen MR) is 110 cm³/mol. The Hall–Kier alpha value is -2.44. The second-order valence-corrected chi connectivity index (χ2v) is 9.09. The minimum Gasteiger partial charge on any atom is -0.475 e. The van der Waals surface area contributed by atoms with Gasteiger partial charge in [-0.15, -0.1) is 11.3 Å². The van der Waals surface area contributed by atoms with Gasteiger partial charge in [-0.1, -0.05) is 0 Å². The molecule has 4 rings (SSSR count). The van der Waals surface area contributed by atoms with Crippen molar-refractivity contribution in [2.24, 2.45) is 7.05 Å². The van der Waals surface area contributed by atoms with E-state index in [2.05, 4.69) is 34.3 Å². The topological polar surface area (TPSA) is 96.7 Å². The first kappa shape index (κ1) is 24.2. The summed E-state index contributed by atoms with van der Waals surface area (Å²) < 4.78 is 39.7. The minimum atomic E-state index is -5.08. The molecular weight excluding hydrogens is 449 g/mol. The molecule has 4 heterocycles. The summed E-state index contributed by atoms with van der Waals surface area (Å²) in [6, 6.07) is 4.73. The van der Waals surface area contributed by atoms with Crippen molar-refractivity contribution < 1.29 is 32.6 Å². The molecule has 8 nitrogen and oxygen atoms in total. The van der Waals surface area contributed by atoms with Crippen LogP contribution < -0.4 is 5.32 Å². The van der Waals surface area contributed by atoms with Gasteiger partial charge in [0.05, 0.1) is 12.6 Å². The highest BCUT2D eigenvalue weighted by Crippen LogP contribution is 2.34. The van der Waals surface area contributed by atoms with E-state index in [0.29, 0.717) is 12.6 Å². The number of fused-ring (bicyclic) bond motifs is 1. The molecule has 12 heteroatoms. The molecule has 0 aromatic carbocycles. The first-order valence-electron chi connectivity index (χ1n) is 10.0. The number of alkyl halides is 3. The van der Waals surface area contributed by atoms with E-state index in [0.717, 1.165) is 31.8 Å². The van der Waals surface area contributed by atoms with Crippen molar-refractivity contribution >= 4 is 23.2 Å². The number of nitrogens with one attached hydrogen (secondary N) is 1. The number of carbonyl (C=O) groups excluding carboxylic acids is 1. The molecule has 176 valence electrons. The number of hydrogen-bond acceptors (Lipinski definition) is 6. The molecule has 2 aromatic heterocycles. The Kier molecular flexibility index (Phi) is 7.57. The average Bonchev–Trinajstić information content (AvgIpc) is 3.47. The third kappa shape index (κ3) is 6.08. The maximum Gasteiger partial charge on any atom is 0.490 e. The molecule has 2 aromatic rings. The summed E-state index contributed by atoms with van der Waals surface area (Å²) in [6.45, 7) is 4.59. The first-order chi connectivity index (χ1) is 15.0. The highest BCUT2D eigenvalue weighted by Gasteiger charge is 2.45. The van der Waals surface area contributed by atoms with Crippen LogP contribution in [0.2, 0.25) is 0 Å². The number of ether oxygens (including phenoxy) is 1. The fraction of sp³-hybridized carbons (Fsp3) is 0.550. The Morgan fingerprint density at radius 2 is 2.09 bits per heavy atom. The summed E-state index contributed by atoms with van der Waals surface area (Å²) in [5, 5.41) is 10.1. The van der Waals surface area contributed by atoms with Crippen LogP contribution in [-0.2, 0) is 34.5 Å². The molecule has 32 heavy (non-hydrogen) atoms. The third-order valence-electron chi connectivity index (χ3n) is 5.43. The van der Waals surface area contributed by atoms with Crippen molar-refractivity contribution in [3.8, 4) is 0 Å². The van der Waals surface area contributed by atoms with Crippen molar-refractivity contribution in [1.82, 2.24) is 19.8 Å². The van der Waals surface area contributed by atoms with E-state index in [-0.39, 0.29) is 18.1 Å². The van der Waals surface area contributed by atoms with E-state index in [1.807, 2.05) is 29.1 Å². The highest BCUT2D eigenvalue weighted by molar-refractivity contribution is 7.11. The summed E-state index contributed by atoms with van der Waals surface area (Å²) in [5.41, 5.74) is 0. The number of aliphatic carboxylic acids is 1. The standard InChI is InChI=1S/C18H24N4O2S.C2HF3O2/c1-12-3-4-13(25-12)11-22-7-5-15-14(22)9-16(24-15)18(23)20-10-17-19-6-8-21(17)2;3-2(4,5)1(6)7/h3-4,6,8,14-16H,5,7,9-11H2,1-2H3,(H,20,23);(H,6,7)/t14-,15-,16+;/m1./s1. The average molecular weight is 475 g/mol. The number of carboxylic acids is 1. The van der Waals surface area contributed by atoms with E-state index >= 15 is 0 Å². The van der Waals surface area contributed by atoms with Gasteiger partial charge in [0, 0.05) is 54.7 Å². The van der Waals surface area contributed by atoms with Crippen LogP contribution in [-0.4, -0.2) is 62.4 Å². The molecule has 0 bridgehead atoms. The minimum absolute atomic E-state index is 0.0238. The normalized spacial score (nSPS) is 22.8. The van der Waals surface area contributed by atoms with Crippen LogP contribution in [0.1, 0.15) is 28.4 Å². The summed E-state index contributed by atoms with van der Waals surface area (Å²) in [5.74, 6) is -1.93. The van der Waals surface area contributed by atoms with Gasteiger partial charge >= 0.3 is 12.1 Å². The van der Waals surface area contributed by atoms with Gasteiger partial charge in [0.25, 0.3) is 0 Å². The second kappa shape index (κ2) is 10.0. The van der Waals surface area contributed by atoms with Gasteiger partial charge in [-0.3, -0.25) is 9.69 Å². The summed E-state index contributed by atoms with van der Waals surface area (Å²) >= 11 is 1.85. The monoisotopic (exact) mass is 474 g/mol. The van der Waals surface area contributed by atoms with Crippen molar-refractivity contribution in [1.29, 1.82) is 0 Å². The molecule has 2 fully saturated rings. The zero-order valence-corrected chi connectivity index (χ0v) is 18.4. The number of carbonyl (C=O) groups is 2. The van der Waals surface area contributed by atoms with Crippen molar-refractivity contribution in [2.75, 3.05) is 6.54 Å². The van der Waals surface area contributed by atoms with Crippen LogP contribution in [0.15, 0.2) is 24.5 Å². The lowest BCUT2D eigenvalue weighted by Crippen LogP contribution is -2.36.